The highest BCUT2D eigenvalue weighted by molar-refractivity contribution is 5.91. The van der Waals surface area contributed by atoms with E-state index < -0.39 is 6.09 Å². The summed E-state index contributed by atoms with van der Waals surface area (Å²) < 4.78 is 5.54. The molecule has 2 aliphatic rings. The Bertz CT molecular complexity index is 932. The average molecular weight is 392 g/mol. The number of nitrogens with zero attached hydrogens (tertiary/aromatic N) is 3. The average Bonchev–Trinajstić information content (AvgIpc) is 3.12. The fourth-order valence-corrected chi connectivity index (χ4v) is 3.38. The molecule has 0 fully saturated rings. The van der Waals surface area contributed by atoms with Crippen LogP contribution in [0.15, 0.2) is 59.2 Å². The molecule has 0 saturated carbocycles. The highest BCUT2D eigenvalue weighted by Crippen LogP contribution is 2.41. The fourth-order valence-electron chi connectivity index (χ4n) is 3.38. The van der Waals surface area contributed by atoms with Crippen molar-refractivity contribution in [3.63, 3.8) is 0 Å². The van der Waals surface area contributed by atoms with Crippen LogP contribution in [-0.4, -0.2) is 30.1 Å². The largest absolute Gasteiger partial charge is 0.415 e. The van der Waals surface area contributed by atoms with Gasteiger partial charge >= 0.3 is 6.09 Å². The molecule has 29 heavy (non-hydrogen) atoms. The molecule has 152 valence electrons. The predicted molar refractivity (Wildman–Crippen MR) is 121 cm³/mol. The second kappa shape index (κ2) is 10.4. The number of fused-ring (bicyclic) bond motifs is 4. The molecular formula is C24H29N3O2. The van der Waals surface area contributed by atoms with E-state index in [0.29, 0.717) is 18.1 Å². The first-order valence-electron chi connectivity index (χ1n) is 10.0. The Kier molecular flexibility index (Phi) is 7.89. The minimum absolute atomic E-state index is 0.238. The van der Waals surface area contributed by atoms with E-state index in [4.69, 9.17) is 4.74 Å². The van der Waals surface area contributed by atoms with Crippen molar-refractivity contribution in [3.8, 4) is 16.9 Å². The van der Waals surface area contributed by atoms with Crippen molar-refractivity contribution >= 4 is 18.6 Å². The molecule has 0 atom stereocenters. The van der Waals surface area contributed by atoms with E-state index in [9.17, 15) is 4.79 Å². The summed E-state index contributed by atoms with van der Waals surface area (Å²) >= 11 is 0. The van der Waals surface area contributed by atoms with E-state index in [1.54, 1.807) is 4.90 Å². The van der Waals surface area contributed by atoms with Gasteiger partial charge in [0, 0.05) is 11.8 Å². The van der Waals surface area contributed by atoms with Gasteiger partial charge in [-0.2, -0.15) is 0 Å². The second-order valence-corrected chi connectivity index (χ2v) is 6.06. The Morgan fingerprint density at radius 3 is 2.52 bits per heavy atom. The summed E-state index contributed by atoms with van der Waals surface area (Å²) in [7, 11) is 0. The van der Waals surface area contributed by atoms with Gasteiger partial charge in [-0.15, -0.1) is 0 Å². The van der Waals surface area contributed by atoms with Gasteiger partial charge in [-0.3, -0.25) is 4.90 Å². The Morgan fingerprint density at radius 2 is 1.83 bits per heavy atom. The van der Waals surface area contributed by atoms with Crippen molar-refractivity contribution in [2.75, 3.05) is 6.54 Å². The molecule has 1 amide bonds. The van der Waals surface area contributed by atoms with E-state index in [1.807, 2.05) is 39.8 Å². The number of amidine groups is 1. The van der Waals surface area contributed by atoms with Crippen LogP contribution in [0.4, 0.5) is 4.79 Å². The molecule has 1 heterocycles. The first-order chi connectivity index (χ1) is 14.2. The Labute approximate surface area is 173 Å². The lowest BCUT2D eigenvalue weighted by atomic mass is 10.0. The van der Waals surface area contributed by atoms with E-state index in [0.717, 1.165) is 12.0 Å². The summed E-state index contributed by atoms with van der Waals surface area (Å²) in [5, 5.41) is 0. The van der Waals surface area contributed by atoms with Crippen molar-refractivity contribution in [2.24, 2.45) is 9.98 Å². The number of rotatable bonds is 3. The van der Waals surface area contributed by atoms with Crippen molar-refractivity contribution in [2.45, 2.75) is 40.7 Å². The number of carbonyl (C=O) groups is 1. The van der Waals surface area contributed by atoms with Crippen LogP contribution < -0.4 is 4.74 Å². The molecule has 1 aliphatic heterocycles. The van der Waals surface area contributed by atoms with Crippen molar-refractivity contribution < 1.29 is 9.53 Å². The Hall–Kier alpha value is -3.21. The topological polar surface area (TPSA) is 54.3 Å². The molecule has 5 heteroatoms. The van der Waals surface area contributed by atoms with Gasteiger partial charge in [-0.25, -0.2) is 14.8 Å². The molecule has 0 unspecified atom stereocenters. The number of carbonyl (C=O) groups excluding carboxylic acids is 1. The lowest BCUT2D eigenvalue weighted by molar-refractivity contribution is 0.146. The fraction of sp³-hybridized carbons (Fsp3) is 0.292. The van der Waals surface area contributed by atoms with Crippen LogP contribution in [0.2, 0.25) is 0 Å². The highest BCUT2D eigenvalue weighted by Gasteiger charge is 2.29. The van der Waals surface area contributed by atoms with Gasteiger partial charge in [0.1, 0.15) is 11.6 Å². The maximum atomic E-state index is 12.3. The number of ether oxygens (including phenoxy) is 1. The SMILES string of the molecule is C=CN=C(CN1Cc2cc3c(cc2OC1=O)Cc1ccccc1-3)N=C.CC.CC. The highest BCUT2D eigenvalue weighted by atomic mass is 16.6. The molecule has 0 aromatic heterocycles. The van der Waals surface area contributed by atoms with Crippen LogP contribution in [0.1, 0.15) is 44.4 Å². The zero-order valence-electron chi connectivity index (χ0n) is 17.7. The third-order valence-electron chi connectivity index (χ3n) is 4.55. The third kappa shape index (κ3) is 4.62. The van der Waals surface area contributed by atoms with Crippen LogP contribution in [0, 0.1) is 0 Å². The first-order valence-corrected chi connectivity index (χ1v) is 10.0. The number of hydrogen-bond donors (Lipinski definition) is 0. The van der Waals surface area contributed by atoms with Gasteiger partial charge in [0.2, 0.25) is 0 Å². The Balaban J connectivity index is 0.000000707. The lowest BCUT2D eigenvalue weighted by Gasteiger charge is -2.28. The van der Waals surface area contributed by atoms with Crippen molar-refractivity contribution in [3.05, 3.63) is 65.9 Å². The van der Waals surface area contributed by atoms with Crippen LogP contribution in [-0.2, 0) is 13.0 Å². The number of aliphatic imine (C=N–C) groups is 2. The summed E-state index contributed by atoms with van der Waals surface area (Å²) in [5.74, 6) is 1.07. The van der Waals surface area contributed by atoms with Gasteiger partial charge in [-0.1, -0.05) is 58.5 Å². The van der Waals surface area contributed by atoms with Gasteiger partial charge in [0.25, 0.3) is 0 Å². The molecule has 2 aromatic rings. The standard InChI is InChI=1S/C20H17N3O2.2C2H6/c1-3-22-19(21-2)12-23-11-15-9-17-14(10-18(15)25-20(23)24)8-13-6-4-5-7-16(13)17;2*1-2/h3-7,9-10H,1-2,8,11-12H2;2*1-2H3. The summed E-state index contributed by atoms with van der Waals surface area (Å²) in [5.41, 5.74) is 5.96. The van der Waals surface area contributed by atoms with E-state index >= 15 is 0 Å². The normalized spacial score (nSPS) is 13.4. The van der Waals surface area contributed by atoms with Gasteiger partial charge in [-0.05, 0) is 47.5 Å². The molecule has 0 saturated heterocycles. The monoisotopic (exact) mass is 391 g/mol. The zero-order chi connectivity index (χ0) is 21.4. The van der Waals surface area contributed by atoms with Crippen LogP contribution in [0.5, 0.6) is 5.75 Å². The second-order valence-electron chi connectivity index (χ2n) is 6.06. The van der Waals surface area contributed by atoms with Crippen molar-refractivity contribution in [1.82, 2.24) is 4.90 Å². The molecule has 4 rings (SSSR count). The molecule has 0 radical (unpaired) electrons. The maximum Gasteiger partial charge on any atom is 0.415 e. The maximum absolute atomic E-state index is 12.3. The van der Waals surface area contributed by atoms with Gasteiger partial charge in [0.05, 0.1) is 13.1 Å². The van der Waals surface area contributed by atoms with Crippen molar-refractivity contribution in [1.29, 1.82) is 0 Å². The molecule has 1 aliphatic carbocycles. The van der Waals surface area contributed by atoms with E-state index in [-0.39, 0.29) is 6.54 Å². The van der Waals surface area contributed by atoms with Gasteiger partial charge in [0.15, 0.2) is 0 Å². The van der Waals surface area contributed by atoms with Crippen LogP contribution in [0.25, 0.3) is 11.1 Å². The van der Waals surface area contributed by atoms with Crippen LogP contribution in [0.3, 0.4) is 0 Å². The molecule has 0 spiro atoms. The third-order valence-corrected chi connectivity index (χ3v) is 4.55. The minimum Gasteiger partial charge on any atom is -0.410 e. The molecular weight excluding hydrogens is 362 g/mol. The van der Waals surface area contributed by atoms with Gasteiger partial charge < -0.3 is 4.74 Å². The molecule has 2 aromatic carbocycles. The zero-order valence-corrected chi connectivity index (χ0v) is 17.7. The summed E-state index contributed by atoms with van der Waals surface area (Å²) in [6.45, 7) is 15.7. The molecule has 5 nitrogen and oxygen atoms in total. The number of hydrogen-bond acceptors (Lipinski definition) is 3. The Morgan fingerprint density at radius 1 is 1.10 bits per heavy atom. The summed E-state index contributed by atoms with van der Waals surface area (Å²) in [6, 6.07) is 12.5. The number of amides is 1. The van der Waals surface area contributed by atoms with E-state index in [1.165, 1.54) is 28.5 Å². The smallest absolute Gasteiger partial charge is 0.410 e. The summed E-state index contributed by atoms with van der Waals surface area (Å²) in [6.07, 6.45) is 1.86. The number of benzene rings is 2. The summed E-state index contributed by atoms with van der Waals surface area (Å²) in [4.78, 5) is 21.7. The molecule has 0 bridgehead atoms. The quantitative estimate of drug-likeness (QED) is 0.414. The minimum atomic E-state index is -0.400. The predicted octanol–water partition coefficient (Wildman–Crippen LogP) is 5.87. The lowest BCUT2D eigenvalue weighted by Crippen LogP contribution is -2.40. The molecule has 0 N–H and O–H groups in total. The first kappa shape index (κ1) is 22.1. The van der Waals surface area contributed by atoms with Crippen LogP contribution >= 0.6 is 0 Å². The van der Waals surface area contributed by atoms with E-state index in [2.05, 4.69) is 47.5 Å².